The highest BCUT2D eigenvalue weighted by Gasteiger charge is 2.29. The number of aliphatic imine (C=N–C) groups is 1. The largest absolute Gasteiger partial charge is 0.508 e. The van der Waals surface area contributed by atoms with Crippen LogP contribution >= 0.6 is 0 Å². The summed E-state index contributed by atoms with van der Waals surface area (Å²) in [6.07, 6.45) is 0.782. The molecule has 13 nitrogen and oxygen atoms in total. The van der Waals surface area contributed by atoms with E-state index >= 15 is 0 Å². The molecular weight excluding hydrogens is 518 g/mol. The minimum absolute atomic E-state index is 0.0263. The summed E-state index contributed by atoms with van der Waals surface area (Å²) in [5.74, 6) is -3.22. The summed E-state index contributed by atoms with van der Waals surface area (Å²) >= 11 is 0. The van der Waals surface area contributed by atoms with Gasteiger partial charge in [0.25, 0.3) is 0 Å². The van der Waals surface area contributed by atoms with E-state index in [0.29, 0.717) is 18.5 Å². The van der Waals surface area contributed by atoms with Crippen molar-refractivity contribution in [3.8, 4) is 5.75 Å². The molecule has 2 aromatic carbocycles. The van der Waals surface area contributed by atoms with Crippen molar-refractivity contribution in [3.63, 3.8) is 0 Å². The Morgan fingerprint density at radius 1 is 0.825 bits per heavy atom. The molecule has 3 amide bonds. The lowest BCUT2D eigenvalue weighted by atomic mass is 10.0. The van der Waals surface area contributed by atoms with Crippen molar-refractivity contribution in [2.24, 2.45) is 22.2 Å². The Morgan fingerprint density at radius 3 is 2.00 bits per heavy atom. The molecule has 4 unspecified atom stereocenters. The number of nitrogens with two attached hydrogens (primary N) is 3. The zero-order valence-electron chi connectivity index (χ0n) is 22.2. The minimum atomic E-state index is -1.29. The maximum absolute atomic E-state index is 13.2. The van der Waals surface area contributed by atoms with Crippen molar-refractivity contribution in [1.29, 1.82) is 0 Å². The molecule has 0 aliphatic rings. The van der Waals surface area contributed by atoms with Gasteiger partial charge in [-0.25, -0.2) is 4.79 Å². The summed E-state index contributed by atoms with van der Waals surface area (Å²) in [5, 5.41) is 26.8. The van der Waals surface area contributed by atoms with Gasteiger partial charge in [-0.2, -0.15) is 0 Å². The molecule has 4 atom stereocenters. The molecular formula is C27H37N7O6. The van der Waals surface area contributed by atoms with Crippen molar-refractivity contribution in [2.75, 3.05) is 6.54 Å². The number of amides is 3. The number of carboxylic acid groups (broad SMARTS) is 1. The number of carboxylic acids is 1. The van der Waals surface area contributed by atoms with E-state index in [4.69, 9.17) is 17.2 Å². The van der Waals surface area contributed by atoms with Gasteiger partial charge in [-0.05, 0) is 43.0 Å². The molecule has 0 aliphatic heterocycles. The van der Waals surface area contributed by atoms with Crippen molar-refractivity contribution >= 4 is 29.7 Å². The van der Waals surface area contributed by atoms with Crippen LogP contribution in [0.2, 0.25) is 0 Å². The molecule has 13 heteroatoms. The van der Waals surface area contributed by atoms with Crippen LogP contribution in [0.1, 0.15) is 30.9 Å². The van der Waals surface area contributed by atoms with Crippen molar-refractivity contribution in [1.82, 2.24) is 16.0 Å². The molecule has 216 valence electrons. The zero-order valence-corrected chi connectivity index (χ0v) is 22.2. The summed E-state index contributed by atoms with van der Waals surface area (Å²) in [4.78, 5) is 54.3. The number of carbonyl (C=O) groups is 4. The van der Waals surface area contributed by atoms with E-state index < -0.39 is 47.9 Å². The number of rotatable bonds is 15. The van der Waals surface area contributed by atoms with Gasteiger partial charge < -0.3 is 43.4 Å². The van der Waals surface area contributed by atoms with Gasteiger partial charge in [0.2, 0.25) is 17.7 Å². The van der Waals surface area contributed by atoms with Gasteiger partial charge in [-0.1, -0.05) is 42.5 Å². The number of aromatic hydroxyl groups is 1. The van der Waals surface area contributed by atoms with Crippen LogP contribution in [-0.4, -0.2) is 70.6 Å². The predicted molar refractivity (Wildman–Crippen MR) is 149 cm³/mol. The molecule has 11 N–H and O–H groups in total. The number of guanidine groups is 1. The number of carbonyl (C=O) groups excluding carboxylic acids is 3. The van der Waals surface area contributed by atoms with Gasteiger partial charge in [0, 0.05) is 19.4 Å². The minimum Gasteiger partial charge on any atom is -0.508 e. The third-order valence-electron chi connectivity index (χ3n) is 5.96. The van der Waals surface area contributed by atoms with E-state index in [0.717, 1.165) is 5.56 Å². The standard InChI is InChI=1S/C27H37N7O6/c1-16(32-24(37)20(28)8-5-13-31-27(29)30)23(36)33-21(14-17-6-3-2-4-7-17)25(38)34-22(26(39)40)15-18-9-11-19(35)12-10-18/h2-4,6-7,9-12,16,20-22,35H,5,8,13-15,28H2,1H3,(H,32,37)(H,33,36)(H,34,38)(H,39,40)(H4,29,30,31). The predicted octanol–water partition coefficient (Wildman–Crippen LogP) is -0.883. The first kappa shape index (κ1) is 31.6. The second kappa shape index (κ2) is 15.7. The van der Waals surface area contributed by atoms with Crippen LogP contribution in [-0.2, 0) is 32.0 Å². The Balaban J connectivity index is 2.07. The lowest BCUT2D eigenvalue weighted by Crippen LogP contribution is -2.57. The summed E-state index contributed by atoms with van der Waals surface area (Å²) < 4.78 is 0. The number of phenolic OH excluding ortho intramolecular Hbond substituents is 1. The Morgan fingerprint density at radius 2 is 1.40 bits per heavy atom. The quantitative estimate of drug-likeness (QED) is 0.0772. The van der Waals surface area contributed by atoms with Gasteiger partial charge in [0.1, 0.15) is 23.9 Å². The fourth-order valence-corrected chi connectivity index (χ4v) is 3.73. The summed E-state index contributed by atoms with van der Waals surface area (Å²) in [6, 6.07) is 10.5. The first-order chi connectivity index (χ1) is 19.0. The van der Waals surface area contributed by atoms with Gasteiger partial charge in [-0.15, -0.1) is 0 Å². The fraction of sp³-hybridized carbons (Fsp3) is 0.370. The molecule has 0 aromatic heterocycles. The molecule has 0 bridgehead atoms. The summed E-state index contributed by atoms with van der Waals surface area (Å²) in [5.41, 5.74) is 17.7. The van der Waals surface area contributed by atoms with Crippen LogP contribution in [0.5, 0.6) is 5.75 Å². The third kappa shape index (κ3) is 11.0. The Hall–Kier alpha value is -4.65. The first-order valence-electron chi connectivity index (χ1n) is 12.7. The Bertz CT molecular complexity index is 1170. The normalized spacial score (nSPS) is 13.7. The molecule has 2 rings (SSSR count). The van der Waals surface area contributed by atoms with Crippen LogP contribution in [0.15, 0.2) is 59.6 Å². The molecule has 0 heterocycles. The van der Waals surface area contributed by atoms with Crippen LogP contribution in [0.25, 0.3) is 0 Å². The maximum Gasteiger partial charge on any atom is 0.326 e. The molecule has 0 saturated heterocycles. The highest BCUT2D eigenvalue weighted by molar-refractivity contribution is 5.94. The molecule has 0 fully saturated rings. The van der Waals surface area contributed by atoms with Crippen molar-refractivity contribution in [3.05, 3.63) is 65.7 Å². The SMILES string of the molecule is CC(NC(=O)C(N)CCCN=C(N)N)C(=O)NC(Cc1ccccc1)C(=O)NC(Cc1ccc(O)cc1)C(=O)O. The van der Waals surface area contributed by atoms with E-state index in [9.17, 15) is 29.4 Å². The number of benzene rings is 2. The molecule has 0 saturated carbocycles. The highest BCUT2D eigenvalue weighted by Crippen LogP contribution is 2.12. The molecule has 0 aliphatic carbocycles. The van der Waals surface area contributed by atoms with Gasteiger partial charge in [0.15, 0.2) is 5.96 Å². The average molecular weight is 556 g/mol. The van der Waals surface area contributed by atoms with Gasteiger partial charge in [0.05, 0.1) is 6.04 Å². The second-order valence-electron chi connectivity index (χ2n) is 9.31. The Kier molecular flexibility index (Phi) is 12.4. The van der Waals surface area contributed by atoms with Crippen molar-refractivity contribution < 1.29 is 29.4 Å². The van der Waals surface area contributed by atoms with Crippen LogP contribution in [0.3, 0.4) is 0 Å². The van der Waals surface area contributed by atoms with Crippen LogP contribution in [0, 0.1) is 0 Å². The summed E-state index contributed by atoms with van der Waals surface area (Å²) in [7, 11) is 0. The fourth-order valence-electron chi connectivity index (χ4n) is 3.73. The third-order valence-corrected chi connectivity index (χ3v) is 5.96. The number of nitrogens with one attached hydrogen (secondary N) is 3. The first-order valence-corrected chi connectivity index (χ1v) is 12.7. The number of hydrogen-bond donors (Lipinski definition) is 8. The number of aliphatic carboxylic acids is 1. The number of nitrogens with zero attached hydrogens (tertiary/aromatic N) is 1. The van der Waals surface area contributed by atoms with E-state index in [2.05, 4.69) is 20.9 Å². The zero-order chi connectivity index (χ0) is 29.7. The second-order valence-corrected chi connectivity index (χ2v) is 9.31. The van der Waals surface area contributed by atoms with E-state index in [1.54, 1.807) is 42.5 Å². The molecule has 2 aromatic rings. The maximum atomic E-state index is 13.2. The lowest BCUT2D eigenvalue weighted by molar-refractivity contribution is -0.142. The molecule has 0 radical (unpaired) electrons. The van der Waals surface area contributed by atoms with E-state index in [1.165, 1.54) is 19.1 Å². The lowest BCUT2D eigenvalue weighted by Gasteiger charge is -2.24. The average Bonchev–Trinajstić information content (AvgIpc) is 2.91. The van der Waals surface area contributed by atoms with Crippen molar-refractivity contribution in [2.45, 2.75) is 56.8 Å². The molecule has 0 spiro atoms. The molecule has 40 heavy (non-hydrogen) atoms. The monoisotopic (exact) mass is 555 g/mol. The summed E-state index contributed by atoms with van der Waals surface area (Å²) in [6.45, 7) is 1.75. The topological polar surface area (TPSA) is 235 Å². The van der Waals surface area contributed by atoms with Gasteiger partial charge >= 0.3 is 5.97 Å². The van der Waals surface area contributed by atoms with Crippen LogP contribution in [0.4, 0.5) is 0 Å². The van der Waals surface area contributed by atoms with Crippen LogP contribution < -0.4 is 33.2 Å². The number of hydrogen-bond acceptors (Lipinski definition) is 7. The highest BCUT2D eigenvalue weighted by atomic mass is 16.4. The number of phenols is 1. The van der Waals surface area contributed by atoms with E-state index in [1.807, 2.05) is 0 Å². The van der Waals surface area contributed by atoms with E-state index in [-0.39, 0.29) is 31.0 Å². The smallest absolute Gasteiger partial charge is 0.326 e. The Labute approximate surface area is 232 Å². The van der Waals surface area contributed by atoms with Gasteiger partial charge in [-0.3, -0.25) is 19.4 Å².